The van der Waals surface area contributed by atoms with Crippen molar-refractivity contribution in [3.8, 4) is 0 Å². The van der Waals surface area contributed by atoms with Crippen molar-refractivity contribution in [3.63, 3.8) is 0 Å². The zero-order chi connectivity index (χ0) is 45.6. The van der Waals surface area contributed by atoms with Crippen LogP contribution in [-0.2, 0) is 28.6 Å². The van der Waals surface area contributed by atoms with Gasteiger partial charge in [0.25, 0.3) is 0 Å². The van der Waals surface area contributed by atoms with Crippen molar-refractivity contribution in [2.24, 2.45) is 0 Å². The maximum atomic E-state index is 12.8. The Bertz CT molecular complexity index is 1150. The van der Waals surface area contributed by atoms with Gasteiger partial charge in [0.2, 0.25) is 0 Å². The van der Waals surface area contributed by atoms with Crippen molar-refractivity contribution < 1.29 is 38.2 Å². The quantitative estimate of drug-likeness (QED) is 0.0281. The predicted octanol–water partition coefficient (Wildman–Crippen LogP) is 14.8. The summed E-state index contributed by atoms with van der Waals surface area (Å²) < 4.78 is 17.4. The average molecular weight is 873 g/mol. The molecule has 0 radical (unpaired) electrons. The number of aliphatic carboxylic acids is 1. The van der Waals surface area contributed by atoms with E-state index < -0.39 is 18.1 Å². The third-order valence-corrected chi connectivity index (χ3v) is 11.5. The van der Waals surface area contributed by atoms with E-state index in [0.717, 1.165) is 77.0 Å². The standard InChI is InChI=1S/C54H97NO7/c1-6-8-10-12-14-16-18-20-22-24-26-28-30-32-34-36-38-40-42-44-52(56)61-49-50(48-60-47-46-51(54(58)59)55(3,4)5)62-53(57)45-43-41-39-37-35-33-31-29-27-25-23-21-19-17-15-13-11-9-7-2/h9,11,15,17,21,23,27,29,50-51H,6-8,10,12-14,16,18-20,22,24-26,28,30-49H2,1-5H3/p+1/b11-9+,17-15+,23-21+,29-27+. The third kappa shape index (κ3) is 42.6. The molecule has 0 heterocycles. The average Bonchev–Trinajstić information content (AvgIpc) is 3.23. The molecular formula is C54H98NO7+. The van der Waals surface area contributed by atoms with Crippen molar-refractivity contribution in [1.82, 2.24) is 0 Å². The van der Waals surface area contributed by atoms with E-state index >= 15 is 0 Å². The summed E-state index contributed by atoms with van der Waals surface area (Å²) in [7, 11) is 5.53. The number of hydrogen-bond acceptors (Lipinski definition) is 6. The van der Waals surface area contributed by atoms with Crippen LogP contribution in [0.25, 0.3) is 0 Å². The van der Waals surface area contributed by atoms with Crippen LogP contribution in [0.4, 0.5) is 0 Å². The maximum absolute atomic E-state index is 12.8. The highest BCUT2D eigenvalue weighted by Crippen LogP contribution is 2.16. The Morgan fingerprint density at radius 2 is 0.903 bits per heavy atom. The van der Waals surface area contributed by atoms with Crippen molar-refractivity contribution in [2.75, 3.05) is 41.0 Å². The molecule has 0 aromatic heterocycles. The van der Waals surface area contributed by atoms with Crippen LogP contribution < -0.4 is 0 Å². The van der Waals surface area contributed by atoms with Crippen LogP contribution in [0, 0.1) is 0 Å². The zero-order valence-electron chi connectivity index (χ0n) is 41.1. The number of ether oxygens (including phenoxy) is 3. The Morgan fingerprint density at radius 3 is 1.34 bits per heavy atom. The van der Waals surface area contributed by atoms with E-state index in [-0.39, 0.29) is 36.2 Å². The van der Waals surface area contributed by atoms with Crippen LogP contribution in [0.1, 0.15) is 226 Å². The molecule has 0 saturated carbocycles. The summed E-state index contributed by atoms with van der Waals surface area (Å²) in [4.78, 5) is 37.2. The monoisotopic (exact) mass is 873 g/mol. The molecule has 8 heteroatoms. The number of likely N-dealkylation sites (N-methyl/N-ethyl adjacent to an activating group) is 1. The van der Waals surface area contributed by atoms with Gasteiger partial charge < -0.3 is 23.8 Å². The first-order chi connectivity index (χ1) is 30.1. The largest absolute Gasteiger partial charge is 0.477 e. The number of quaternary nitrogens is 1. The molecule has 0 spiro atoms. The van der Waals surface area contributed by atoms with Crippen LogP contribution in [0.2, 0.25) is 0 Å². The van der Waals surface area contributed by atoms with E-state index in [4.69, 9.17) is 14.2 Å². The Kier molecular flexibility index (Phi) is 42.9. The van der Waals surface area contributed by atoms with E-state index in [9.17, 15) is 19.5 Å². The normalized spacial score (nSPS) is 13.2. The van der Waals surface area contributed by atoms with E-state index in [0.29, 0.717) is 19.3 Å². The molecule has 0 fully saturated rings. The van der Waals surface area contributed by atoms with Gasteiger partial charge in [-0.05, 0) is 51.4 Å². The Hall–Kier alpha value is -2.71. The van der Waals surface area contributed by atoms with E-state index in [1.54, 1.807) is 0 Å². The molecule has 0 aromatic rings. The number of carboxylic acids is 1. The lowest BCUT2D eigenvalue weighted by Crippen LogP contribution is -2.50. The topological polar surface area (TPSA) is 99.1 Å². The Balaban J connectivity index is 4.26. The number of rotatable bonds is 46. The van der Waals surface area contributed by atoms with Crippen LogP contribution in [0.5, 0.6) is 0 Å². The van der Waals surface area contributed by atoms with Gasteiger partial charge in [-0.2, -0.15) is 0 Å². The Morgan fingerprint density at radius 1 is 0.500 bits per heavy atom. The molecule has 0 aromatic carbocycles. The highest BCUT2D eigenvalue weighted by Gasteiger charge is 2.31. The summed E-state index contributed by atoms with van der Waals surface area (Å²) >= 11 is 0. The van der Waals surface area contributed by atoms with E-state index in [2.05, 4.69) is 62.5 Å². The van der Waals surface area contributed by atoms with E-state index in [1.807, 2.05) is 21.1 Å². The lowest BCUT2D eigenvalue weighted by atomic mass is 10.0. The fraction of sp³-hybridized carbons (Fsp3) is 0.796. The minimum absolute atomic E-state index is 0.0549. The number of unbranched alkanes of at least 4 members (excludes halogenated alkanes) is 24. The third-order valence-electron chi connectivity index (χ3n) is 11.5. The second-order valence-corrected chi connectivity index (χ2v) is 18.4. The van der Waals surface area contributed by atoms with Gasteiger partial charge in [-0.1, -0.05) is 204 Å². The van der Waals surface area contributed by atoms with E-state index in [1.165, 1.54) is 116 Å². The summed E-state index contributed by atoms with van der Waals surface area (Å²) in [6.07, 6.45) is 54.4. The number of esters is 2. The molecule has 0 aliphatic heterocycles. The summed E-state index contributed by atoms with van der Waals surface area (Å²) in [5.74, 6) is -1.47. The molecule has 8 nitrogen and oxygen atoms in total. The highest BCUT2D eigenvalue weighted by molar-refractivity contribution is 5.72. The SMILES string of the molecule is CC/C=C/C/C=C/C/C=C/C/C=C/CCCCCCCCC(=O)OC(COCCC(C(=O)O)[N+](C)(C)C)COC(=O)CCCCCCCCCCCCCCCCCCCCC. The molecule has 2 unspecified atom stereocenters. The van der Waals surface area contributed by atoms with Gasteiger partial charge in [-0.25, -0.2) is 4.79 Å². The van der Waals surface area contributed by atoms with Gasteiger partial charge in [-0.15, -0.1) is 0 Å². The zero-order valence-corrected chi connectivity index (χ0v) is 41.1. The number of hydrogen-bond donors (Lipinski definition) is 1. The molecular weight excluding hydrogens is 775 g/mol. The second-order valence-electron chi connectivity index (χ2n) is 18.4. The van der Waals surface area contributed by atoms with Crippen molar-refractivity contribution >= 4 is 17.9 Å². The molecule has 2 atom stereocenters. The van der Waals surface area contributed by atoms with Crippen LogP contribution in [0.15, 0.2) is 48.6 Å². The number of carbonyl (C=O) groups is 3. The van der Waals surface area contributed by atoms with Gasteiger partial charge in [-0.3, -0.25) is 9.59 Å². The first-order valence-electron chi connectivity index (χ1n) is 25.7. The highest BCUT2D eigenvalue weighted by atomic mass is 16.6. The molecule has 0 aliphatic rings. The number of carboxylic acid groups (broad SMARTS) is 1. The molecule has 0 aliphatic carbocycles. The molecule has 1 N–H and O–H groups in total. The lowest BCUT2D eigenvalue weighted by Gasteiger charge is -2.31. The first kappa shape index (κ1) is 59.3. The van der Waals surface area contributed by atoms with Gasteiger partial charge >= 0.3 is 17.9 Å². The molecule has 62 heavy (non-hydrogen) atoms. The van der Waals surface area contributed by atoms with Crippen LogP contribution >= 0.6 is 0 Å². The molecule has 0 amide bonds. The van der Waals surface area contributed by atoms with Gasteiger partial charge in [0.05, 0.1) is 34.4 Å². The summed E-state index contributed by atoms with van der Waals surface area (Å²) in [5, 5.41) is 9.65. The smallest absolute Gasteiger partial charge is 0.362 e. The van der Waals surface area contributed by atoms with Gasteiger partial charge in [0.1, 0.15) is 6.61 Å². The molecule has 0 rings (SSSR count). The lowest BCUT2D eigenvalue weighted by molar-refractivity contribution is -0.887. The van der Waals surface area contributed by atoms with Gasteiger partial charge in [0.15, 0.2) is 12.1 Å². The fourth-order valence-electron chi connectivity index (χ4n) is 7.55. The minimum Gasteiger partial charge on any atom is -0.477 e. The first-order valence-corrected chi connectivity index (χ1v) is 25.7. The summed E-state index contributed by atoms with van der Waals surface area (Å²) in [6, 6.07) is -0.618. The van der Waals surface area contributed by atoms with Crippen LogP contribution in [-0.4, -0.2) is 80.6 Å². The second kappa shape index (κ2) is 44.9. The van der Waals surface area contributed by atoms with Crippen LogP contribution in [0.3, 0.4) is 0 Å². The van der Waals surface area contributed by atoms with Gasteiger partial charge in [0, 0.05) is 19.3 Å². The number of nitrogens with zero attached hydrogens (tertiary/aromatic N) is 1. The maximum Gasteiger partial charge on any atom is 0.362 e. The number of allylic oxidation sites excluding steroid dienone is 8. The number of carbonyl (C=O) groups excluding carboxylic acids is 2. The predicted molar refractivity (Wildman–Crippen MR) is 261 cm³/mol. The Labute approximate surface area is 382 Å². The van der Waals surface area contributed by atoms with Crippen molar-refractivity contribution in [2.45, 2.75) is 238 Å². The fourth-order valence-corrected chi connectivity index (χ4v) is 7.55. The summed E-state index contributed by atoms with van der Waals surface area (Å²) in [6.45, 7) is 4.64. The van der Waals surface area contributed by atoms with Crippen molar-refractivity contribution in [3.05, 3.63) is 48.6 Å². The minimum atomic E-state index is -0.876. The molecule has 0 bridgehead atoms. The van der Waals surface area contributed by atoms with Crippen molar-refractivity contribution in [1.29, 1.82) is 0 Å². The summed E-state index contributed by atoms with van der Waals surface area (Å²) in [5.41, 5.74) is 0. The molecule has 360 valence electrons. The molecule has 0 saturated heterocycles.